The molecule has 4 nitrogen and oxygen atoms in total. The zero-order valence-corrected chi connectivity index (χ0v) is 14.0. The number of benzene rings is 1. The minimum Gasteiger partial charge on any atom is -0.497 e. The maximum Gasteiger partial charge on any atom is 0.166 e. The Bertz CT molecular complexity index is 407. The van der Waals surface area contributed by atoms with Crippen LogP contribution >= 0.6 is 12.2 Å². The Hall–Kier alpha value is -1.33. The molecule has 0 spiro atoms. The standard InChI is InChI=1S/C16H26N2O2S/c1-13(2)12-20-10-4-9-17-16(21)18-11-14-5-7-15(19-3)8-6-14/h5-8,13H,4,9-12H2,1-3H3,(H2,17,18,21). The summed E-state index contributed by atoms with van der Waals surface area (Å²) in [6.07, 6.45) is 0.955. The molecule has 0 unspecified atom stereocenters. The molecule has 0 atom stereocenters. The molecule has 0 radical (unpaired) electrons. The lowest BCUT2D eigenvalue weighted by atomic mass is 10.2. The second kappa shape index (κ2) is 10.4. The molecule has 5 heteroatoms. The van der Waals surface area contributed by atoms with Crippen molar-refractivity contribution in [3.05, 3.63) is 29.8 Å². The van der Waals surface area contributed by atoms with Crippen LogP contribution in [-0.4, -0.2) is 32.0 Å². The summed E-state index contributed by atoms with van der Waals surface area (Å²) in [5.41, 5.74) is 1.17. The topological polar surface area (TPSA) is 42.5 Å². The molecule has 0 aliphatic rings. The van der Waals surface area contributed by atoms with E-state index in [2.05, 4.69) is 24.5 Å². The average Bonchev–Trinajstić information content (AvgIpc) is 2.49. The molecule has 0 aliphatic heterocycles. The Morgan fingerprint density at radius 3 is 2.52 bits per heavy atom. The van der Waals surface area contributed by atoms with Gasteiger partial charge >= 0.3 is 0 Å². The second-order valence-corrected chi connectivity index (χ2v) is 5.69. The first kappa shape index (κ1) is 17.7. The third-order valence-electron chi connectivity index (χ3n) is 2.81. The molecule has 2 N–H and O–H groups in total. The van der Waals surface area contributed by atoms with Crippen LogP contribution in [0.25, 0.3) is 0 Å². The van der Waals surface area contributed by atoms with E-state index in [4.69, 9.17) is 21.7 Å². The molecular formula is C16H26N2O2S. The van der Waals surface area contributed by atoms with Gasteiger partial charge in [-0.2, -0.15) is 0 Å². The van der Waals surface area contributed by atoms with E-state index in [9.17, 15) is 0 Å². The summed E-state index contributed by atoms with van der Waals surface area (Å²) in [6.45, 7) is 7.42. The number of thiocarbonyl (C=S) groups is 1. The zero-order valence-electron chi connectivity index (χ0n) is 13.1. The van der Waals surface area contributed by atoms with Crippen molar-refractivity contribution in [1.29, 1.82) is 0 Å². The van der Waals surface area contributed by atoms with Crippen LogP contribution < -0.4 is 15.4 Å². The molecule has 0 aromatic heterocycles. The number of nitrogens with one attached hydrogen (secondary N) is 2. The van der Waals surface area contributed by atoms with Crippen LogP contribution in [0.15, 0.2) is 24.3 Å². The van der Waals surface area contributed by atoms with Gasteiger partial charge < -0.3 is 20.1 Å². The van der Waals surface area contributed by atoms with Crippen molar-refractivity contribution < 1.29 is 9.47 Å². The molecule has 0 amide bonds. The number of hydrogen-bond donors (Lipinski definition) is 2. The van der Waals surface area contributed by atoms with E-state index in [1.807, 2.05) is 24.3 Å². The fourth-order valence-corrected chi connectivity index (χ4v) is 1.86. The summed E-state index contributed by atoms with van der Waals surface area (Å²) in [4.78, 5) is 0. The Balaban J connectivity index is 2.08. The Labute approximate surface area is 133 Å². The van der Waals surface area contributed by atoms with Crippen LogP contribution in [0.3, 0.4) is 0 Å². The Kier molecular flexibility index (Phi) is 8.78. The second-order valence-electron chi connectivity index (χ2n) is 5.28. The monoisotopic (exact) mass is 310 g/mol. The van der Waals surface area contributed by atoms with E-state index >= 15 is 0 Å². The predicted octanol–water partition coefficient (Wildman–Crippen LogP) is 2.72. The van der Waals surface area contributed by atoms with Crippen molar-refractivity contribution in [2.75, 3.05) is 26.9 Å². The lowest BCUT2D eigenvalue weighted by molar-refractivity contribution is 0.108. The van der Waals surface area contributed by atoms with Crippen molar-refractivity contribution in [3.8, 4) is 5.75 Å². The van der Waals surface area contributed by atoms with Crippen molar-refractivity contribution in [3.63, 3.8) is 0 Å². The van der Waals surface area contributed by atoms with E-state index < -0.39 is 0 Å². The number of ether oxygens (including phenoxy) is 2. The van der Waals surface area contributed by atoms with Gasteiger partial charge in [0.15, 0.2) is 5.11 Å². The van der Waals surface area contributed by atoms with Gasteiger partial charge in [-0.05, 0) is 42.3 Å². The van der Waals surface area contributed by atoms with Crippen molar-refractivity contribution in [2.45, 2.75) is 26.8 Å². The Morgan fingerprint density at radius 2 is 1.90 bits per heavy atom. The molecule has 21 heavy (non-hydrogen) atoms. The summed E-state index contributed by atoms with van der Waals surface area (Å²) in [6, 6.07) is 7.93. The average molecular weight is 310 g/mol. The summed E-state index contributed by atoms with van der Waals surface area (Å²) in [5, 5.41) is 7.04. The van der Waals surface area contributed by atoms with Gasteiger partial charge in [-0.15, -0.1) is 0 Å². The van der Waals surface area contributed by atoms with Crippen molar-refractivity contribution in [2.24, 2.45) is 5.92 Å². The minimum atomic E-state index is 0.588. The quantitative estimate of drug-likeness (QED) is 0.542. The lowest BCUT2D eigenvalue weighted by Crippen LogP contribution is -2.35. The van der Waals surface area contributed by atoms with Crippen LogP contribution in [0.1, 0.15) is 25.8 Å². The van der Waals surface area contributed by atoms with Gasteiger partial charge in [-0.3, -0.25) is 0 Å². The van der Waals surface area contributed by atoms with Crippen molar-refractivity contribution >= 4 is 17.3 Å². The highest BCUT2D eigenvalue weighted by atomic mass is 32.1. The third kappa shape index (κ3) is 8.52. The summed E-state index contributed by atoms with van der Waals surface area (Å²) in [7, 11) is 1.66. The van der Waals surface area contributed by atoms with Gasteiger partial charge in [0.1, 0.15) is 5.75 Å². The van der Waals surface area contributed by atoms with E-state index in [0.29, 0.717) is 17.6 Å². The molecular weight excluding hydrogens is 284 g/mol. The largest absolute Gasteiger partial charge is 0.497 e. The molecule has 0 heterocycles. The predicted molar refractivity (Wildman–Crippen MR) is 90.7 cm³/mol. The fraction of sp³-hybridized carbons (Fsp3) is 0.562. The van der Waals surface area contributed by atoms with Gasteiger partial charge in [0.05, 0.1) is 7.11 Å². The Morgan fingerprint density at radius 1 is 1.19 bits per heavy atom. The smallest absolute Gasteiger partial charge is 0.166 e. The maximum atomic E-state index is 5.51. The summed E-state index contributed by atoms with van der Waals surface area (Å²) in [5.74, 6) is 1.45. The highest BCUT2D eigenvalue weighted by Gasteiger charge is 1.98. The molecule has 0 aliphatic carbocycles. The lowest BCUT2D eigenvalue weighted by Gasteiger charge is -2.11. The van der Waals surface area contributed by atoms with Crippen LogP contribution in [-0.2, 0) is 11.3 Å². The molecule has 1 aromatic carbocycles. The van der Waals surface area contributed by atoms with E-state index in [-0.39, 0.29) is 0 Å². The molecule has 0 fully saturated rings. The minimum absolute atomic E-state index is 0.588. The highest BCUT2D eigenvalue weighted by molar-refractivity contribution is 7.80. The zero-order chi connectivity index (χ0) is 15.5. The van der Waals surface area contributed by atoms with Gasteiger partial charge in [0, 0.05) is 26.3 Å². The number of methoxy groups -OCH3 is 1. The molecule has 0 saturated heterocycles. The molecule has 1 aromatic rings. The summed E-state index contributed by atoms with van der Waals surface area (Å²) < 4.78 is 10.6. The number of hydrogen-bond acceptors (Lipinski definition) is 3. The van der Waals surface area contributed by atoms with Crippen molar-refractivity contribution in [1.82, 2.24) is 10.6 Å². The van der Waals surface area contributed by atoms with E-state index in [1.165, 1.54) is 5.56 Å². The van der Waals surface area contributed by atoms with Gasteiger partial charge in [-0.1, -0.05) is 26.0 Å². The highest BCUT2D eigenvalue weighted by Crippen LogP contribution is 2.10. The molecule has 118 valence electrons. The van der Waals surface area contributed by atoms with Crippen LogP contribution in [0.5, 0.6) is 5.75 Å². The van der Waals surface area contributed by atoms with Gasteiger partial charge in [-0.25, -0.2) is 0 Å². The third-order valence-corrected chi connectivity index (χ3v) is 3.10. The van der Waals surface area contributed by atoms with Gasteiger partial charge in [0.2, 0.25) is 0 Å². The molecule has 0 saturated carbocycles. The van der Waals surface area contributed by atoms with Gasteiger partial charge in [0.25, 0.3) is 0 Å². The van der Waals surface area contributed by atoms with E-state index in [1.54, 1.807) is 7.11 Å². The first-order chi connectivity index (χ1) is 10.1. The van der Waals surface area contributed by atoms with Crippen LogP contribution in [0.4, 0.5) is 0 Å². The summed E-state index contributed by atoms with van der Waals surface area (Å²) >= 11 is 5.23. The molecule has 1 rings (SSSR count). The normalized spacial score (nSPS) is 10.5. The maximum absolute atomic E-state index is 5.51. The number of rotatable bonds is 9. The van der Waals surface area contributed by atoms with E-state index in [0.717, 1.165) is 31.9 Å². The van der Waals surface area contributed by atoms with Crippen LogP contribution in [0, 0.1) is 5.92 Å². The SMILES string of the molecule is COc1ccc(CNC(=S)NCCCOCC(C)C)cc1. The van der Waals surface area contributed by atoms with Crippen LogP contribution in [0.2, 0.25) is 0 Å². The first-order valence-corrected chi connectivity index (χ1v) is 7.75. The first-order valence-electron chi connectivity index (χ1n) is 7.34. The fourth-order valence-electron chi connectivity index (χ4n) is 1.68. The molecule has 0 bridgehead atoms.